The third-order valence-corrected chi connectivity index (χ3v) is 4.82. The number of carbonyl (C=O) groups is 1. The van der Waals surface area contributed by atoms with Crippen LogP contribution in [0.2, 0.25) is 5.02 Å². The zero-order valence-corrected chi connectivity index (χ0v) is 15.8. The number of nitrogens with zero attached hydrogens (tertiary/aromatic N) is 1. The summed E-state index contributed by atoms with van der Waals surface area (Å²) in [5.74, 6) is 0.268. The molecule has 26 heavy (non-hydrogen) atoms. The van der Waals surface area contributed by atoms with E-state index < -0.39 is 5.97 Å². The highest BCUT2D eigenvalue weighted by Crippen LogP contribution is 2.30. The number of carbonyl (C=O) groups excluding carboxylic acids is 1. The van der Waals surface area contributed by atoms with E-state index in [0.29, 0.717) is 22.2 Å². The smallest absolute Gasteiger partial charge is 0.346 e. The molecule has 3 aromatic rings. The number of hydrogen-bond donors (Lipinski definition) is 0. The van der Waals surface area contributed by atoms with Crippen LogP contribution in [-0.4, -0.2) is 25.2 Å². The monoisotopic (exact) mass is 389 g/mol. The number of benzene rings is 2. The predicted octanol–water partition coefficient (Wildman–Crippen LogP) is 4.84. The number of hydrogen-bond acceptors (Lipinski definition) is 6. The second kappa shape index (κ2) is 8.21. The fraction of sp³-hybridized carbons (Fsp3) is 0.158. The Balaban J connectivity index is 1.72. The van der Waals surface area contributed by atoms with E-state index in [1.165, 1.54) is 25.6 Å². The lowest BCUT2D eigenvalue weighted by Crippen LogP contribution is -2.09. The second-order valence-corrected chi connectivity index (χ2v) is 6.56. The summed E-state index contributed by atoms with van der Waals surface area (Å²) in [5.41, 5.74) is 1.89. The van der Waals surface area contributed by atoms with Gasteiger partial charge in [-0.1, -0.05) is 29.8 Å². The van der Waals surface area contributed by atoms with E-state index >= 15 is 0 Å². The summed E-state index contributed by atoms with van der Waals surface area (Å²) in [6, 6.07) is 12.5. The molecule has 0 amide bonds. The highest BCUT2D eigenvalue weighted by atomic mass is 35.5. The van der Waals surface area contributed by atoms with Crippen molar-refractivity contribution in [2.45, 2.75) is 6.61 Å². The van der Waals surface area contributed by atoms with Gasteiger partial charge in [0.15, 0.2) is 0 Å². The number of rotatable bonds is 6. The molecule has 0 aliphatic rings. The molecule has 134 valence electrons. The molecule has 0 saturated heterocycles. The molecule has 0 bridgehead atoms. The van der Waals surface area contributed by atoms with Crippen molar-refractivity contribution in [2.75, 3.05) is 14.2 Å². The van der Waals surface area contributed by atoms with Crippen molar-refractivity contribution in [1.29, 1.82) is 0 Å². The lowest BCUT2D eigenvalue weighted by atomic mass is 10.2. The maximum atomic E-state index is 12.5. The van der Waals surface area contributed by atoms with Gasteiger partial charge >= 0.3 is 5.97 Å². The van der Waals surface area contributed by atoms with Crippen molar-refractivity contribution in [1.82, 2.24) is 4.98 Å². The summed E-state index contributed by atoms with van der Waals surface area (Å²) in [6.45, 7) is 0.0596. The molecule has 0 radical (unpaired) electrons. The van der Waals surface area contributed by atoms with Gasteiger partial charge in [-0.2, -0.15) is 0 Å². The average molecular weight is 390 g/mol. The number of esters is 1. The van der Waals surface area contributed by atoms with Gasteiger partial charge in [0.2, 0.25) is 0 Å². The molecule has 7 heteroatoms. The zero-order chi connectivity index (χ0) is 18.5. The Kier molecular flexibility index (Phi) is 5.75. The van der Waals surface area contributed by atoms with Crippen LogP contribution in [0, 0.1) is 0 Å². The summed E-state index contributed by atoms with van der Waals surface area (Å²) in [4.78, 5) is 17.0. The van der Waals surface area contributed by atoms with Crippen LogP contribution in [0.4, 0.5) is 0 Å². The second-order valence-electron chi connectivity index (χ2n) is 5.26. The molecule has 1 aromatic heterocycles. The standard InChI is InChI=1S/C19H16ClNO4S/c1-23-15-4-3-5-16(24-2)17(15)19(22)25-10-14-11-26-18(21-14)12-6-8-13(20)9-7-12/h3-9,11H,10H2,1-2H3. The highest BCUT2D eigenvalue weighted by Gasteiger charge is 2.20. The van der Waals surface area contributed by atoms with Crippen LogP contribution in [0.1, 0.15) is 16.1 Å². The van der Waals surface area contributed by atoms with E-state index in [-0.39, 0.29) is 12.2 Å². The molecular weight excluding hydrogens is 374 g/mol. The molecule has 0 saturated carbocycles. The number of thiazole rings is 1. The third kappa shape index (κ3) is 3.98. The molecule has 0 unspecified atom stereocenters. The van der Waals surface area contributed by atoms with E-state index in [9.17, 15) is 4.79 Å². The topological polar surface area (TPSA) is 57.7 Å². The van der Waals surface area contributed by atoms with E-state index in [2.05, 4.69) is 4.98 Å². The minimum atomic E-state index is -0.527. The Morgan fingerprint density at radius 2 is 1.73 bits per heavy atom. The molecule has 0 aliphatic carbocycles. The third-order valence-electron chi connectivity index (χ3n) is 3.63. The molecule has 5 nitrogen and oxygen atoms in total. The minimum Gasteiger partial charge on any atom is -0.496 e. The van der Waals surface area contributed by atoms with Crippen molar-refractivity contribution in [3.63, 3.8) is 0 Å². The molecule has 0 spiro atoms. The summed E-state index contributed by atoms with van der Waals surface area (Å²) in [6.07, 6.45) is 0. The SMILES string of the molecule is COc1cccc(OC)c1C(=O)OCc1csc(-c2ccc(Cl)cc2)n1. The van der Waals surface area contributed by atoms with Gasteiger partial charge in [-0.3, -0.25) is 0 Å². The van der Waals surface area contributed by atoms with Crippen LogP contribution in [0.3, 0.4) is 0 Å². The van der Waals surface area contributed by atoms with Gasteiger partial charge in [-0.15, -0.1) is 11.3 Å². The quantitative estimate of drug-likeness (QED) is 0.565. The van der Waals surface area contributed by atoms with Gasteiger partial charge in [0.1, 0.15) is 28.7 Å². The van der Waals surface area contributed by atoms with Gasteiger partial charge < -0.3 is 14.2 Å². The van der Waals surface area contributed by atoms with Gasteiger partial charge in [-0.25, -0.2) is 9.78 Å². The molecular formula is C19H16ClNO4S. The van der Waals surface area contributed by atoms with Gasteiger partial charge in [0.25, 0.3) is 0 Å². The van der Waals surface area contributed by atoms with Crippen molar-refractivity contribution in [3.8, 4) is 22.1 Å². The Morgan fingerprint density at radius 3 is 2.35 bits per heavy atom. The molecule has 3 rings (SSSR count). The number of ether oxygens (including phenoxy) is 3. The minimum absolute atomic E-state index is 0.0596. The first-order valence-corrected chi connectivity index (χ1v) is 8.96. The lowest BCUT2D eigenvalue weighted by molar-refractivity contribution is 0.0461. The van der Waals surface area contributed by atoms with E-state index in [1.807, 2.05) is 29.6 Å². The summed E-state index contributed by atoms with van der Waals surface area (Å²) < 4.78 is 15.8. The van der Waals surface area contributed by atoms with Crippen LogP contribution >= 0.6 is 22.9 Å². The zero-order valence-electron chi connectivity index (χ0n) is 14.2. The highest BCUT2D eigenvalue weighted by molar-refractivity contribution is 7.13. The maximum absolute atomic E-state index is 12.5. The summed E-state index contributed by atoms with van der Waals surface area (Å²) in [7, 11) is 2.98. The van der Waals surface area contributed by atoms with Crippen LogP contribution in [0.25, 0.3) is 10.6 Å². The summed E-state index contributed by atoms with van der Waals surface area (Å²) in [5, 5.41) is 3.37. The van der Waals surface area contributed by atoms with Crippen molar-refractivity contribution >= 4 is 28.9 Å². The van der Waals surface area contributed by atoms with E-state index in [4.69, 9.17) is 25.8 Å². The number of halogens is 1. The average Bonchev–Trinajstić information content (AvgIpc) is 3.15. The lowest BCUT2D eigenvalue weighted by Gasteiger charge is -2.11. The fourth-order valence-corrected chi connectivity index (χ4v) is 3.30. The van der Waals surface area contributed by atoms with Gasteiger partial charge in [0, 0.05) is 16.0 Å². The summed E-state index contributed by atoms with van der Waals surface area (Å²) >= 11 is 7.38. The fourth-order valence-electron chi connectivity index (χ4n) is 2.36. The maximum Gasteiger partial charge on any atom is 0.346 e. The molecule has 1 heterocycles. The van der Waals surface area contributed by atoms with Crippen molar-refractivity contribution < 1.29 is 19.0 Å². The largest absolute Gasteiger partial charge is 0.496 e. The number of methoxy groups -OCH3 is 2. The molecule has 0 N–H and O–H groups in total. The van der Waals surface area contributed by atoms with Gasteiger partial charge in [-0.05, 0) is 24.3 Å². The van der Waals surface area contributed by atoms with Crippen LogP contribution in [-0.2, 0) is 11.3 Å². The van der Waals surface area contributed by atoms with Crippen molar-refractivity contribution in [2.24, 2.45) is 0 Å². The molecule has 2 aromatic carbocycles. The van der Waals surface area contributed by atoms with E-state index in [1.54, 1.807) is 18.2 Å². The molecule has 0 aliphatic heterocycles. The first-order valence-electron chi connectivity index (χ1n) is 7.71. The Bertz CT molecular complexity index is 886. The van der Waals surface area contributed by atoms with Crippen LogP contribution < -0.4 is 9.47 Å². The van der Waals surface area contributed by atoms with Gasteiger partial charge in [0.05, 0.1) is 19.9 Å². The van der Waals surface area contributed by atoms with E-state index in [0.717, 1.165) is 10.6 Å². The molecule has 0 atom stereocenters. The van der Waals surface area contributed by atoms with Crippen LogP contribution in [0.5, 0.6) is 11.5 Å². The first-order chi connectivity index (χ1) is 12.6. The Labute approximate surface area is 160 Å². The normalized spacial score (nSPS) is 10.4. The first kappa shape index (κ1) is 18.2. The predicted molar refractivity (Wildman–Crippen MR) is 101 cm³/mol. The van der Waals surface area contributed by atoms with Crippen molar-refractivity contribution in [3.05, 3.63) is 64.1 Å². The Morgan fingerprint density at radius 1 is 1.08 bits per heavy atom. The molecule has 0 fully saturated rings. The number of aromatic nitrogens is 1. The Hall–Kier alpha value is -2.57. The van der Waals surface area contributed by atoms with Crippen LogP contribution in [0.15, 0.2) is 47.8 Å².